The van der Waals surface area contributed by atoms with Crippen LogP contribution in [0.4, 0.5) is 0 Å². The van der Waals surface area contributed by atoms with Gasteiger partial charge < -0.3 is 28.9 Å². The summed E-state index contributed by atoms with van der Waals surface area (Å²) in [6.45, 7) is 12.3. The van der Waals surface area contributed by atoms with Gasteiger partial charge in [0.05, 0.1) is 13.2 Å². The number of furan rings is 2. The number of ether oxygens (including phenoxy) is 2. The highest BCUT2D eigenvalue weighted by Crippen LogP contribution is 2.43. The first-order valence-electron chi connectivity index (χ1n) is 23.2. The summed E-state index contributed by atoms with van der Waals surface area (Å²) in [7, 11) is -4.40. The summed E-state index contributed by atoms with van der Waals surface area (Å²) in [5.74, 6) is 3.74. The molecule has 12 heteroatoms. The van der Waals surface area contributed by atoms with Crippen molar-refractivity contribution >= 4 is 19.8 Å². The molecule has 0 fully saturated rings. The molecule has 0 aliphatic carbocycles. The van der Waals surface area contributed by atoms with Crippen molar-refractivity contribution in [2.75, 3.05) is 26.4 Å². The molecule has 0 aromatic carbocycles. The number of esters is 2. The summed E-state index contributed by atoms with van der Waals surface area (Å²) >= 11 is 0. The monoisotopic (exact) mass is 852 g/mol. The van der Waals surface area contributed by atoms with Gasteiger partial charge in [-0.2, -0.15) is 0 Å². The molecule has 2 rings (SSSR count). The molecule has 0 spiro atoms. The van der Waals surface area contributed by atoms with Crippen molar-refractivity contribution in [1.29, 1.82) is 0 Å². The van der Waals surface area contributed by atoms with E-state index in [2.05, 4.69) is 41.5 Å². The normalized spacial score (nSPS) is 13.2. The number of phosphoric acid groups is 1. The molecular weight excluding hydrogens is 769 g/mol. The number of aryl methyl sites for hydroxylation is 4. The Morgan fingerprint density at radius 2 is 0.966 bits per heavy atom. The van der Waals surface area contributed by atoms with Gasteiger partial charge in [-0.25, -0.2) is 4.57 Å². The number of hydrogen-bond acceptors (Lipinski definition) is 10. The number of carbonyl (C=O) groups is 2. The fourth-order valence-corrected chi connectivity index (χ4v) is 8.15. The number of hydrogen-bond donors (Lipinski definition) is 2. The number of rotatable bonds is 37. The fourth-order valence-electron chi connectivity index (χ4n) is 7.39. The second kappa shape index (κ2) is 31.4. The quantitative estimate of drug-likeness (QED) is 0.0378. The Bertz CT molecular complexity index is 1480. The second-order valence-corrected chi connectivity index (χ2v) is 17.9. The summed E-state index contributed by atoms with van der Waals surface area (Å²) in [4.78, 5) is 35.1. The number of unbranched alkanes of at least 4 members (excludes halogenated alkanes) is 16. The smallest absolute Gasteiger partial charge is 0.466 e. The Labute approximate surface area is 357 Å². The number of phosphoric ester groups is 1. The Hall–Kier alpha value is -2.43. The molecule has 340 valence electrons. The van der Waals surface area contributed by atoms with Crippen LogP contribution in [0.2, 0.25) is 0 Å². The molecule has 0 aliphatic rings. The van der Waals surface area contributed by atoms with Crippen LogP contribution in [0.1, 0.15) is 200 Å². The standard InChI is InChI=1S/C47H82NO10P/c1-7-9-22-28-43-39(5)40(6)45(58-43)30-23-18-14-12-10-11-13-15-21-26-32-47(50)56-41(36-55-59(51,52)54-34-33-48)35-53-46(49)31-25-20-17-16-19-24-29-44-38(4)37(3)42(57-44)27-8-2/h41H,7-36,48H2,1-6H3,(H,51,52)/t41-/m1/s1. The predicted octanol–water partition coefficient (Wildman–Crippen LogP) is 12.1. The third kappa shape index (κ3) is 22.8. The van der Waals surface area contributed by atoms with Crippen LogP contribution in [0.15, 0.2) is 8.83 Å². The summed E-state index contributed by atoms with van der Waals surface area (Å²) in [5, 5.41) is 0. The van der Waals surface area contributed by atoms with E-state index in [0.717, 1.165) is 95.0 Å². The van der Waals surface area contributed by atoms with E-state index in [4.69, 9.17) is 33.1 Å². The first-order valence-corrected chi connectivity index (χ1v) is 24.7. The van der Waals surface area contributed by atoms with Crippen LogP contribution in [0.5, 0.6) is 0 Å². The highest BCUT2D eigenvalue weighted by Gasteiger charge is 2.26. The van der Waals surface area contributed by atoms with E-state index < -0.39 is 32.5 Å². The maximum Gasteiger partial charge on any atom is 0.472 e. The lowest BCUT2D eigenvalue weighted by Gasteiger charge is -2.19. The first kappa shape index (κ1) is 52.7. The molecule has 11 nitrogen and oxygen atoms in total. The van der Waals surface area contributed by atoms with E-state index in [1.165, 1.54) is 91.6 Å². The van der Waals surface area contributed by atoms with Gasteiger partial charge >= 0.3 is 19.8 Å². The molecule has 2 aromatic heterocycles. The fraction of sp³-hybridized carbons (Fsp3) is 0.787. The van der Waals surface area contributed by atoms with Crippen LogP contribution in [-0.4, -0.2) is 49.3 Å². The highest BCUT2D eigenvalue weighted by molar-refractivity contribution is 7.47. The number of nitrogens with two attached hydrogens (primary N) is 1. The zero-order valence-corrected chi connectivity index (χ0v) is 38.8. The highest BCUT2D eigenvalue weighted by atomic mass is 31.2. The van der Waals surface area contributed by atoms with Gasteiger partial charge in [0.2, 0.25) is 0 Å². The molecule has 1 unspecified atom stereocenters. The predicted molar refractivity (Wildman–Crippen MR) is 236 cm³/mol. The first-order chi connectivity index (χ1) is 28.4. The van der Waals surface area contributed by atoms with E-state index in [9.17, 15) is 19.0 Å². The molecule has 3 N–H and O–H groups in total. The zero-order valence-electron chi connectivity index (χ0n) is 37.9. The van der Waals surface area contributed by atoms with Crippen LogP contribution in [-0.2, 0) is 58.4 Å². The molecule has 0 aliphatic heterocycles. The van der Waals surface area contributed by atoms with Crippen molar-refractivity contribution in [1.82, 2.24) is 0 Å². The molecule has 2 heterocycles. The van der Waals surface area contributed by atoms with E-state index in [0.29, 0.717) is 12.8 Å². The van der Waals surface area contributed by atoms with Gasteiger partial charge in [-0.05, 0) is 88.5 Å². The van der Waals surface area contributed by atoms with Crippen LogP contribution in [0.25, 0.3) is 0 Å². The van der Waals surface area contributed by atoms with Crippen LogP contribution < -0.4 is 5.73 Å². The van der Waals surface area contributed by atoms with Crippen molar-refractivity contribution < 1.29 is 46.4 Å². The van der Waals surface area contributed by atoms with Crippen molar-refractivity contribution in [2.45, 2.75) is 215 Å². The van der Waals surface area contributed by atoms with Crippen molar-refractivity contribution in [2.24, 2.45) is 5.73 Å². The largest absolute Gasteiger partial charge is 0.472 e. The average molecular weight is 852 g/mol. The lowest BCUT2D eigenvalue weighted by molar-refractivity contribution is -0.161. The van der Waals surface area contributed by atoms with E-state index in [1.807, 2.05) is 0 Å². The minimum atomic E-state index is -4.40. The third-order valence-electron chi connectivity index (χ3n) is 11.4. The third-order valence-corrected chi connectivity index (χ3v) is 12.4. The summed E-state index contributed by atoms with van der Waals surface area (Å²) in [6.07, 6.45) is 25.2. The van der Waals surface area contributed by atoms with Crippen LogP contribution >= 0.6 is 7.82 Å². The SMILES string of the molecule is CCCCCc1oc(CCCCCCCCCCCCC(=O)O[C@H](COC(=O)CCCCCCCCc2oc(CCC)c(C)c2C)COP(=O)(O)OCCN)c(C)c1C. The lowest BCUT2D eigenvalue weighted by Crippen LogP contribution is -2.29. The zero-order chi connectivity index (χ0) is 43.3. The van der Waals surface area contributed by atoms with Crippen LogP contribution in [0, 0.1) is 27.7 Å². The summed E-state index contributed by atoms with van der Waals surface area (Å²) in [6, 6.07) is 0. The molecule has 2 aromatic rings. The van der Waals surface area contributed by atoms with Gasteiger partial charge in [-0.3, -0.25) is 18.6 Å². The van der Waals surface area contributed by atoms with E-state index in [1.54, 1.807) is 0 Å². The van der Waals surface area contributed by atoms with Gasteiger partial charge in [-0.1, -0.05) is 104 Å². The maximum atomic E-state index is 12.7. The molecule has 0 bridgehead atoms. The van der Waals surface area contributed by atoms with Crippen molar-refractivity contribution in [3.63, 3.8) is 0 Å². The Morgan fingerprint density at radius 3 is 1.41 bits per heavy atom. The topological polar surface area (TPSA) is 161 Å². The van der Waals surface area contributed by atoms with E-state index >= 15 is 0 Å². The van der Waals surface area contributed by atoms with Gasteiger partial charge in [0.1, 0.15) is 29.6 Å². The van der Waals surface area contributed by atoms with Crippen molar-refractivity contribution in [3.8, 4) is 0 Å². The summed E-state index contributed by atoms with van der Waals surface area (Å²) < 4.78 is 45.3. The van der Waals surface area contributed by atoms with Gasteiger partial charge in [0, 0.05) is 45.1 Å². The van der Waals surface area contributed by atoms with Gasteiger partial charge in [0.15, 0.2) is 6.10 Å². The second-order valence-electron chi connectivity index (χ2n) is 16.4. The summed E-state index contributed by atoms with van der Waals surface area (Å²) in [5.41, 5.74) is 10.6. The molecule has 0 saturated heterocycles. The van der Waals surface area contributed by atoms with Crippen LogP contribution in [0.3, 0.4) is 0 Å². The molecule has 59 heavy (non-hydrogen) atoms. The molecule has 0 radical (unpaired) electrons. The maximum absolute atomic E-state index is 12.7. The minimum absolute atomic E-state index is 0.0425. The van der Waals surface area contributed by atoms with Crippen molar-refractivity contribution in [3.05, 3.63) is 45.3 Å². The van der Waals surface area contributed by atoms with E-state index in [-0.39, 0.29) is 32.6 Å². The average Bonchev–Trinajstić information content (AvgIpc) is 3.64. The molecular formula is C47H82NO10P. The molecule has 2 atom stereocenters. The van der Waals surface area contributed by atoms with Gasteiger partial charge in [0.25, 0.3) is 0 Å². The molecule has 0 amide bonds. The molecule has 0 saturated carbocycles. The Morgan fingerprint density at radius 1 is 0.559 bits per heavy atom. The lowest BCUT2D eigenvalue weighted by atomic mass is 10.0. The Kier molecular flexibility index (Phi) is 28.1. The minimum Gasteiger partial charge on any atom is -0.466 e. The number of carbonyl (C=O) groups excluding carboxylic acids is 2. The Balaban J connectivity index is 1.58. The van der Waals surface area contributed by atoms with Gasteiger partial charge in [-0.15, -0.1) is 0 Å².